The number of carbonyl (C=O) groups is 2. The van der Waals surface area contributed by atoms with Gasteiger partial charge in [-0.3, -0.25) is 0 Å². The van der Waals surface area contributed by atoms with E-state index in [1.165, 1.54) is 28.4 Å². The third kappa shape index (κ3) is 11.9. The molecule has 0 aromatic rings. The number of methoxy groups -OCH3 is 4. The molecular weight excluding hydrogens is 328 g/mol. The van der Waals surface area contributed by atoms with Gasteiger partial charge < -0.3 is 28.4 Å². The molecule has 24 heavy (non-hydrogen) atoms. The third-order valence-corrected chi connectivity index (χ3v) is 2.84. The highest BCUT2D eigenvalue weighted by molar-refractivity contribution is 5.63. The topological polar surface area (TPSA) is 108 Å². The van der Waals surface area contributed by atoms with Crippen molar-refractivity contribution in [1.82, 2.24) is 0 Å². The minimum absolute atomic E-state index is 0.0654. The van der Waals surface area contributed by atoms with E-state index in [0.717, 1.165) is 0 Å². The van der Waals surface area contributed by atoms with Crippen LogP contribution in [-0.2, 0) is 38.2 Å². The summed E-state index contributed by atoms with van der Waals surface area (Å²) in [7, 11) is 6.03. The molecule has 0 aliphatic rings. The second kappa shape index (κ2) is 14.9. The molecule has 0 heterocycles. The lowest BCUT2D eigenvalue weighted by molar-refractivity contribution is -0.218. The van der Waals surface area contributed by atoms with Crippen LogP contribution in [-0.4, -0.2) is 66.5 Å². The van der Waals surface area contributed by atoms with Crippen molar-refractivity contribution in [3.8, 4) is 0 Å². The van der Waals surface area contributed by atoms with Crippen LogP contribution in [0.1, 0.15) is 25.7 Å². The van der Waals surface area contributed by atoms with Crippen LogP contribution in [0.15, 0.2) is 0 Å². The Kier molecular flexibility index (Phi) is 13.9. The lowest BCUT2D eigenvalue weighted by Crippen LogP contribution is -2.17. The largest absolute Gasteiger partial charge is 0.549 e. The van der Waals surface area contributed by atoms with E-state index in [-0.39, 0.29) is 25.8 Å². The first kappa shape index (κ1) is 22.4. The summed E-state index contributed by atoms with van der Waals surface area (Å²) in [6.45, 7) is 0.131. The maximum atomic E-state index is 11.2. The predicted molar refractivity (Wildman–Crippen MR) is 78.9 cm³/mol. The first-order chi connectivity index (χ1) is 11.6. The maximum absolute atomic E-state index is 11.2. The highest BCUT2D eigenvalue weighted by Crippen LogP contribution is 2.04. The Morgan fingerprint density at radius 3 is 1.29 bits per heavy atom. The summed E-state index contributed by atoms with van der Waals surface area (Å²) in [4.78, 5) is 30.6. The van der Waals surface area contributed by atoms with Crippen LogP contribution in [0.3, 0.4) is 0 Å². The molecule has 0 radical (unpaired) electrons. The predicted octanol–water partition coefficient (Wildman–Crippen LogP) is 2.01. The van der Waals surface area contributed by atoms with Crippen molar-refractivity contribution in [3.63, 3.8) is 0 Å². The van der Waals surface area contributed by atoms with Gasteiger partial charge in [0, 0.05) is 41.3 Å². The van der Waals surface area contributed by atoms with Crippen LogP contribution in [0, 0.1) is 0 Å². The van der Waals surface area contributed by atoms with Gasteiger partial charge in [-0.15, -0.1) is 0 Å². The molecule has 0 atom stereocenters. The molecule has 0 spiro atoms. The molecule has 142 valence electrons. The van der Waals surface area contributed by atoms with Gasteiger partial charge in [0.15, 0.2) is 12.6 Å². The smallest absolute Gasteiger partial charge is 0.432 e. The molecule has 0 bridgehead atoms. The maximum Gasteiger partial charge on any atom is 0.549 e. The van der Waals surface area contributed by atoms with E-state index < -0.39 is 12.3 Å². The molecule has 0 saturated heterocycles. The van der Waals surface area contributed by atoms with E-state index in [0.29, 0.717) is 25.7 Å². The van der Waals surface area contributed by atoms with Gasteiger partial charge in [-0.05, 0) is 12.8 Å². The van der Waals surface area contributed by atoms with Gasteiger partial charge in [-0.2, -0.15) is 19.4 Å². The molecular formula is C14H26O10. The number of hydrogen-bond acceptors (Lipinski definition) is 10. The Bertz CT molecular complexity index is 296. The lowest BCUT2D eigenvalue weighted by atomic mass is 10.3. The van der Waals surface area contributed by atoms with E-state index in [1.54, 1.807) is 0 Å². The van der Waals surface area contributed by atoms with Crippen LogP contribution in [0.4, 0.5) is 9.59 Å². The first-order valence-electron chi connectivity index (χ1n) is 7.36. The van der Waals surface area contributed by atoms with Crippen molar-refractivity contribution in [2.45, 2.75) is 38.3 Å². The van der Waals surface area contributed by atoms with Crippen LogP contribution < -0.4 is 0 Å². The average molecular weight is 354 g/mol. The fourth-order valence-corrected chi connectivity index (χ4v) is 1.59. The number of ether oxygens (including phenoxy) is 6. The van der Waals surface area contributed by atoms with Crippen LogP contribution in [0.25, 0.3) is 0 Å². The average Bonchev–Trinajstić information content (AvgIpc) is 2.60. The molecule has 0 aromatic heterocycles. The lowest BCUT2D eigenvalue weighted by Gasteiger charge is -2.12. The van der Waals surface area contributed by atoms with Gasteiger partial charge in [-0.25, -0.2) is 0 Å². The molecule has 0 fully saturated rings. The summed E-state index contributed by atoms with van der Waals surface area (Å²) in [5.74, 6) is 0. The normalized spacial score (nSPS) is 10.8. The number of rotatable bonds is 12. The Morgan fingerprint density at radius 1 is 0.667 bits per heavy atom. The molecule has 0 saturated carbocycles. The molecule has 0 rings (SSSR count). The molecule has 0 N–H and O–H groups in total. The second-order valence-electron chi connectivity index (χ2n) is 4.45. The van der Waals surface area contributed by atoms with Gasteiger partial charge in [0.1, 0.15) is 0 Å². The summed E-state index contributed by atoms with van der Waals surface area (Å²) < 4.78 is 29.2. The molecule has 10 heteroatoms. The Morgan fingerprint density at radius 2 is 1.00 bits per heavy atom. The van der Waals surface area contributed by atoms with E-state index in [9.17, 15) is 9.59 Å². The summed E-state index contributed by atoms with van der Waals surface area (Å²) >= 11 is 0. The van der Waals surface area contributed by atoms with Crippen molar-refractivity contribution in [2.75, 3.05) is 41.7 Å². The molecule has 0 aliphatic carbocycles. The quantitative estimate of drug-likeness (QED) is 0.170. The van der Waals surface area contributed by atoms with Gasteiger partial charge in [0.25, 0.3) is 0 Å². The van der Waals surface area contributed by atoms with Gasteiger partial charge in [0.2, 0.25) is 0 Å². The fraction of sp³-hybridized carbons (Fsp3) is 0.857. The highest BCUT2D eigenvalue weighted by atomic mass is 17.3. The Balaban J connectivity index is 3.59. The van der Waals surface area contributed by atoms with Crippen LogP contribution in [0.2, 0.25) is 0 Å². The van der Waals surface area contributed by atoms with Gasteiger partial charge >= 0.3 is 12.3 Å². The molecule has 0 aliphatic heterocycles. The molecule has 10 nitrogen and oxygen atoms in total. The van der Waals surface area contributed by atoms with E-state index in [1.807, 2.05) is 0 Å². The molecule has 0 aromatic carbocycles. The zero-order valence-electron chi connectivity index (χ0n) is 14.5. The zero-order valence-corrected chi connectivity index (χ0v) is 14.5. The zero-order chi connectivity index (χ0) is 18.2. The summed E-state index contributed by atoms with van der Waals surface area (Å²) in [5, 5.41) is 0. The van der Waals surface area contributed by atoms with Crippen molar-refractivity contribution < 1.29 is 47.8 Å². The summed E-state index contributed by atoms with van der Waals surface area (Å²) in [5.41, 5.74) is 0. The monoisotopic (exact) mass is 354 g/mol. The van der Waals surface area contributed by atoms with Crippen LogP contribution >= 0.6 is 0 Å². The van der Waals surface area contributed by atoms with Gasteiger partial charge in [0.05, 0.1) is 13.2 Å². The van der Waals surface area contributed by atoms with Crippen molar-refractivity contribution in [1.29, 1.82) is 0 Å². The first-order valence-corrected chi connectivity index (χ1v) is 7.36. The van der Waals surface area contributed by atoms with Gasteiger partial charge in [-0.1, -0.05) is 0 Å². The number of hydrogen-bond donors (Lipinski definition) is 0. The van der Waals surface area contributed by atoms with Crippen molar-refractivity contribution >= 4 is 12.3 Å². The Hall–Kier alpha value is -1.62. The Labute approximate surface area is 141 Å². The van der Waals surface area contributed by atoms with Crippen LogP contribution in [0.5, 0.6) is 0 Å². The summed E-state index contributed by atoms with van der Waals surface area (Å²) in [6, 6.07) is 0. The summed E-state index contributed by atoms with van der Waals surface area (Å²) in [6.07, 6.45) is -0.967. The fourth-order valence-electron chi connectivity index (χ4n) is 1.59. The minimum atomic E-state index is -1.14. The SMILES string of the molecule is COC(CCCOC(=O)OOC(=O)OCCCC(OC)OC)OC. The van der Waals surface area contributed by atoms with Crippen molar-refractivity contribution in [3.05, 3.63) is 0 Å². The van der Waals surface area contributed by atoms with E-state index in [4.69, 9.17) is 18.9 Å². The standard InChI is InChI=1S/C14H26O10/c1-17-11(18-2)7-5-9-21-13(15)23-24-14(16)22-10-6-8-12(19-3)20-4/h11-12H,5-10H2,1-4H3. The second-order valence-corrected chi connectivity index (χ2v) is 4.45. The minimum Gasteiger partial charge on any atom is -0.432 e. The molecule has 0 unspecified atom stereocenters. The third-order valence-electron chi connectivity index (χ3n) is 2.84. The van der Waals surface area contributed by atoms with Crippen molar-refractivity contribution in [2.24, 2.45) is 0 Å². The number of carbonyl (C=O) groups excluding carboxylic acids is 2. The highest BCUT2D eigenvalue weighted by Gasteiger charge is 2.13. The van der Waals surface area contributed by atoms with E-state index in [2.05, 4.69) is 19.2 Å². The molecule has 0 amide bonds. The van der Waals surface area contributed by atoms with E-state index >= 15 is 0 Å².